The Kier molecular flexibility index (Phi) is 3.74. The molecular weight excluding hydrogens is 170 g/mol. The number of morpholine rings is 1. The normalized spacial score (nSPS) is 23.8. The van der Waals surface area contributed by atoms with E-state index in [-0.39, 0.29) is 6.61 Å². The summed E-state index contributed by atoms with van der Waals surface area (Å²) in [6.45, 7) is 2.14. The molecule has 0 aromatic rings. The zero-order valence-corrected chi connectivity index (χ0v) is 7.40. The standard InChI is InChI=1S/C9H13NO3/c1-2-3-4-10-5-6-13-7-8(10)9(11)12/h1,8H,3-7H2,(H,11,12). The van der Waals surface area contributed by atoms with Crippen LogP contribution in [-0.2, 0) is 9.53 Å². The lowest BCUT2D eigenvalue weighted by atomic mass is 10.2. The van der Waals surface area contributed by atoms with Gasteiger partial charge in [0.15, 0.2) is 0 Å². The second kappa shape index (κ2) is 4.85. The first-order valence-electron chi connectivity index (χ1n) is 4.23. The number of carboxylic acids is 1. The monoisotopic (exact) mass is 183 g/mol. The van der Waals surface area contributed by atoms with Gasteiger partial charge in [-0.25, -0.2) is 0 Å². The average Bonchev–Trinajstić information content (AvgIpc) is 2.15. The van der Waals surface area contributed by atoms with E-state index >= 15 is 0 Å². The topological polar surface area (TPSA) is 49.8 Å². The summed E-state index contributed by atoms with van der Waals surface area (Å²) in [6, 6.07) is -0.526. The Labute approximate surface area is 77.5 Å². The molecule has 4 nitrogen and oxygen atoms in total. The molecule has 0 amide bonds. The fraction of sp³-hybridized carbons (Fsp3) is 0.667. The average molecular weight is 183 g/mol. The minimum Gasteiger partial charge on any atom is -0.480 e. The summed E-state index contributed by atoms with van der Waals surface area (Å²) in [5.41, 5.74) is 0. The van der Waals surface area contributed by atoms with Crippen molar-refractivity contribution in [2.75, 3.05) is 26.3 Å². The predicted molar refractivity (Wildman–Crippen MR) is 47.3 cm³/mol. The van der Waals surface area contributed by atoms with E-state index in [1.54, 1.807) is 0 Å². The van der Waals surface area contributed by atoms with Gasteiger partial charge in [-0.2, -0.15) is 0 Å². The van der Waals surface area contributed by atoms with Crippen LogP contribution in [0.3, 0.4) is 0 Å². The van der Waals surface area contributed by atoms with Gasteiger partial charge >= 0.3 is 5.97 Å². The molecule has 1 rings (SSSR count). The van der Waals surface area contributed by atoms with E-state index in [1.807, 2.05) is 4.90 Å². The Morgan fingerprint density at radius 3 is 3.15 bits per heavy atom. The SMILES string of the molecule is C#CCCN1CCOCC1C(=O)O. The van der Waals surface area contributed by atoms with Crippen LogP contribution in [0.25, 0.3) is 0 Å². The molecule has 1 unspecified atom stereocenters. The lowest BCUT2D eigenvalue weighted by molar-refractivity contribution is -0.149. The van der Waals surface area contributed by atoms with E-state index in [2.05, 4.69) is 5.92 Å². The summed E-state index contributed by atoms with van der Waals surface area (Å²) in [6.07, 6.45) is 5.70. The van der Waals surface area contributed by atoms with Gasteiger partial charge in [-0.3, -0.25) is 9.69 Å². The quantitative estimate of drug-likeness (QED) is 0.615. The Morgan fingerprint density at radius 2 is 2.54 bits per heavy atom. The fourth-order valence-corrected chi connectivity index (χ4v) is 1.34. The molecule has 0 aromatic heterocycles. The molecular formula is C9H13NO3. The number of ether oxygens (including phenoxy) is 1. The summed E-state index contributed by atoms with van der Waals surface area (Å²) < 4.78 is 5.08. The van der Waals surface area contributed by atoms with Gasteiger partial charge in [-0.1, -0.05) is 0 Å². The van der Waals surface area contributed by atoms with E-state index in [9.17, 15) is 4.79 Å². The van der Waals surface area contributed by atoms with Crippen LogP contribution in [0, 0.1) is 12.3 Å². The van der Waals surface area contributed by atoms with Crippen molar-refractivity contribution in [3.63, 3.8) is 0 Å². The maximum atomic E-state index is 10.8. The van der Waals surface area contributed by atoms with Crippen LogP contribution in [0.2, 0.25) is 0 Å². The van der Waals surface area contributed by atoms with E-state index in [0.717, 1.165) is 0 Å². The number of nitrogens with zero attached hydrogens (tertiary/aromatic N) is 1. The van der Waals surface area contributed by atoms with E-state index in [4.69, 9.17) is 16.3 Å². The van der Waals surface area contributed by atoms with Crippen molar-refractivity contribution in [3.8, 4) is 12.3 Å². The van der Waals surface area contributed by atoms with Gasteiger partial charge in [0.25, 0.3) is 0 Å². The van der Waals surface area contributed by atoms with Gasteiger partial charge in [0.05, 0.1) is 13.2 Å². The maximum absolute atomic E-state index is 10.8. The molecule has 1 fully saturated rings. The summed E-state index contributed by atoms with van der Waals surface area (Å²) in [4.78, 5) is 12.6. The van der Waals surface area contributed by atoms with Crippen molar-refractivity contribution in [3.05, 3.63) is 0 Å². The van der Waals surface area contributed by atoms with Crippen molar-refractivity contribution in [1.82, 2.24) is 4.90 Å². The first-order valence-corrected chi connectivity index (χ1v) is 4.23. The highest BCUT2D eigenvalue weighted by molar-refractivity contribution is 5.73. The molecule has 0 aliphatic carbocycles. The van der Waals surface area contributed by atoms with Crippen molar-refractivity contribution in [1.29, 1.82) is 0 Å². The minimum absolute atomic E-state index is 0.264. The number of carbonyl (C=O) groups is 1. The Balaban J connectivity index is 2.47. The smallest absolute Gasteiger partial charge is 0.323 e. The van der Waals surface area contributed by atoms with Gasteiger partial charge in [0.1, 0.15) is 6.04 Å². The van der Waals surface area contributed by atoms with E-state index < -0.39 is 12.0 Å². The number of carboxylic acid groups (broad SMARTS) is 1. The highest BCUT2D eigenvalue weighted by Gasteiger charge is 2.28. The highest BCUT2D eigenvalue weighted by Crippen LogP contribution is 2.07. The van der Waals surface area contributed by atoms with Gasteiger partial charge in [0.2, 0.25) is 0 Å². The fourth-order valence-electron chi connectivity index (χ4n) is 1.34. The second-order valence-corrected chi connectivity index (χ2v) is 2.92. The van der Waals surface area contributed by atoms with Crippen molar-refractivity contribution < 1.29 is 14.6 Å². The molecule has 1 aliphatic rings. The largest absolute Gasteiger partial charge is 0.480 e. The molecule has 1 atom stereocenters. The van der Waals surface area contributed by atoms with Gasteiger partial charge in [-0.05, 0) is 0 Å². The Hall–Kier alpha value is -1.05. The van der Waals surface area contributed by atoms with E-state index in [1.165, 1.54) is 0 Å². The molecule has 0 radical (unpaired) electrons. The van der Waals surface area contributed by atoms with Crippen LogP contribution in [0.1, 0.15) is 6.42 Å². The zero-order chi connectivity index (χ0) is 9.68. The highest BCUT2D eigenvalue weighted by atomic mass is 16.5. The summed E-state index contributed by atoms with van der Waals surface area (Å²) in [5.74, 6) is 1.66. The Morgan fingerprint density at radius 1 is 1.77 bits per heavy atom. The van der Waals surface area contributed by atoms with Crippen LogP contribution in [0.15, 0.2) is 0 Å². The molecule has 0 saturated carbocycles. The van der Waals surface area contributed by atoms with Gasteiger partial charge in [-0.15, -0.1) is 12.3 Å². The molecule has 1 saturated heterocycles. The third-order valence-corrected chi connectivity index (χ3v) is 2.07. The molecule has 0 aromatic carbocycles. The first-order chi connectivity index (χ1) is 6.25. The van der Waals surface area contributed by atoms with Crippen LogP contribution in [0.5, 0.6) is 0 Å². The predicted octanol–water partition coefficient (Wildman–Crippen LogP) is -0.205. The molecule has 1 N–H and O–H groups in total. The first kappa shape index (κ1) is 10.0. The summed E-state index contributed by atoms with van der Waals surface area (Å²) in [5, 5.41) is 8.83. The van der Waals surface area contributed by atoms with Crippen LogP contribution >= 0.6 is 0 Å². The third-order valence-electron chi connectivity index (χ3n) is 2.07. The summed E-state index contributed by atoms with van der Waals surface area (Å²) in [7, 11) is 0. The molecule has 0 bridgehead atoms. The molecule has 13 heavy (non-hydrogen) atoms. The number of terminal acetylenes is 1. The van der Waals surface area contributed by atoms with Crippen LogP contribution in [-0.4, -0.2) is 48.3 Å². The van der Waals surface area contributed by atoms with Crippen molar-refractivity contribution >= 4 is 5.97 Å². The van der Waals surface area contributed by atoms with Crippen molar-refractivity contribution in [2.24, 2.45) is 0 Å². The zero-order valence-electron chi connectivity index (χ0n) is 7.40. The number of rotatable bonds is 3. The lowest BCUT2D eigenvalue weighted by Gasteiger charge is -2.32. The van der Waals surface area contributed by atoms with Crippen LogP contribution < -0.4 is 0 Å². The molecule has 0 spiro atoms. The van der Waals surface area contributed by atoms with Crippen LogP contribution in [0.4, 0.5) is 0 Å². The molecule has 1 heterocycles. The molecule has 4 heteroatoms. The number of hydrogen-bond acceptors (Lipinski definition) is 3. The lowest BCUT2D eigenvalue weighted by Crippen LogP contribution is -2.50. The second-order valence-electron chi connectivity index (χ2n) is 2.92. The summed E-state index contributed by atoms with van der Waals surface area (Å²) >= 11 is 0. The third kappa shape index (κ3) is 2.72. The van der Waals surface area contributed by atoms with E-state index in [0.29, 0.717) is 26.1 Å². The van der Waals surface area contributed by atoms with Gasteiger partial charge < -0.3 is 9.84 Å². The number of aliphatic carboxylic acids is 1. The Bertz CT molecular complexity index is 221. The van der Waals surface area contributed by atoms with Gasteiger partial charge in [0, 0.05) is 19.5 Å². The minimum atomic E-state index is -0.836. The van der Waals surface area contributed by atoms with Crippen molar-refractivity contribution in [2.45, 2.75) is 12.5 Å². The maximum Gasteiger partial charge on any atom is 0.323 e. The number of hydrogen-bond donors (Lipinski definition) is 1. The molecule has 1 aliphatic heterocycles. The molecule has 72 valence electrons.